The van der Waals surface area contributed by atoms with Crippen LogP contribution >= 0.6 is 11.8 Å². The van der Waals surface area contributed by atoms with Crippen molar-refractivity contribution in [2.24, 2.45) is 0 Å². The van der Waals surface area contributed by atoms with Crippen LogP contribution in [0.3, 0.4) is 0 Å². The van der Waals surface area contributed by atoms with Crippen LogP contribution in [0, 0.1) is 0 Å². The Kier molecular flexibility index (Phi) is 8.89. The first-order valence-electron chi connectivity index (χ1n) is 11.4. The summed E-state index contributed by atoms with van der Waals surface area (Å²) in [6.07, 6.45) is 3.46. The number of ether oxygens (including phenoxy) is 2. The summed E-state index contributed by atoms with van der Waals surface area (Å²) in [5, 5.41) is 9.41. The predicted octanol–water partition coefficient (Wildman–Crippen LogP) is 2.30. The molecule has 0 bridgehead atoms. The second-order valence-electron chi connectivity index (χ2n) is 7.86. The number of thioether (sulfide) groups is 1. The lowest BCUT2D eigenvalue weighted by atomic mass is 10.2. The predicted molar refractivity (Wildman–Crippen MR) is 131 cm³/mol. The maximum Gasteiger partial charge on any atom is 0.233 e. The average molecular weight is 483 g/mol. The normalized spacial score (nSPS) is 14.3. The minimum atomic E-state index is 0.122. The number of carbonyl (C=O) groups excluding carboxylic acids is 1. The highest BCUT2D eigenvalue weighted by molar-refractivity contribution is 7.99. The Hall–Kier alpha value is -2.95. The van der Waals surface area contributed by atoms with Crippen molar-refractivity contribution in [3.05, 3.63) is 54.9 Å². The summed E-state index contributed by atoms with van der Waals surface area (Å²) in [5.74, 6) is 2.09. The van der Waals surface area contributed by atoms with Gasteiger partial charge in [0, 0.05) is 57.8 Å². The van der Waals surface area contributed by atoms with E-state index < -0.39 is 0 Å². The molecule has 2 aromatic heterocycles. The van der Waals surface area contributed by atoms with Crippen LogP contribution in [-0.4, -0.2) is 94.3 Å². The number of hydrogen-bond acceptors (Lipinski definition) is 8. The van der Waals surface area contributed by atoms with Gasteiger partial charge in [-0.3, -0.25) is 19.2 Å². The monoisotopic (exact) mass is 482 g/mol. The topological polar surface area (TPSA) is 85.6 Å². The third-order valence-electron chi connectivity index (χ3n) is 5.64. The lowest BCUT2D eigenvalue weighted by Gasteiger charge is -2.34. The van der Waals surface area contributed by atoms with Crippen molar-refractivity contribution in [2.75, 3.05) is 58.8 Å². The van der Waals surface area contributed by atoms with Gasteiger partial charge in [-0.2, -0.15) is 0 Å². The van der Waals surface area contributed by atoms with Crippen LogP contribution in [-0.2, 0) is 16.1 Å². The Bertz CT molecular complexity index is 1030. The SMILES string of the molecule is COCCn1c(SCC(=O)N2CCN(CCOc3ccccc3)CC2)nnc1-c1ccncc1. The lowest BCUT2D eigenvalue weighted by Crippen LogP contribution is -2.50. The summed E-state index contributed by atoms with van der Waals surface area (Å²) >= 11 is 1.42. The first-order valence-corrected chi connectivity index (χ1v) is 12.4. The fourth-order valence-corrected chi connectivity index (χ4v) is 4.61. The van der Waals surface area contributed by atoms with Gasteiger partial charge in [0.05, 0.1) is 18.9 Å². The van der Waals surface area contributed by atoms with E-state index in [1.54, 1.807) is 19.5 Å². The van der Waals surface area contributed by atoms with Crippen molar-refractivity contribution in [3.63, 3.8) is 0 Å². The molecule has 1 aliphatic heterocycles. The smallest absolute Gasteiger partial charge is 0.233 e. The summed E-state index contributed by atoms with van der Waals surface area (Å²) < 4.78 is 13.1. The molecule has 0 unspecified atom stereocenters. The van der Waals surface area contributed by atoms with Crippen LogP contribution in [0.2, 0.25) is 0 Å². The molecule has 1 amide bonds. The van der Waals surface area contributed by atoms with Gasteiger partial charge in [0.1, 0.15) is 12.4 Å². The molecule has 0 radical (unpaired) electrons. The molecule has 0 spiro atoms. The third kappa shape index (κ3) is 6.55. The van der Waals surface area contributed by atoms with Crippen molar-refractivity contribution in [1.82, 2.24) is 29.5 Å². The lowest BCUT2D eigenvalue weighted by molar-refractivity contribution is -0.130. The summed E-state index contributed by atoms with van der Waals surface area (Å²) in [5.41, 5.74) is 0.934. The van der Waals surface area contributed by atoms with Crippen molar-refractivity contribution in [1.29, 1.82) is 0 Å². The van der Waals surface area contributed by atoms with Crippen LogP contribution in [0.15, 0.2) is 60.0 Å². The first kappa shape index (κ1) is 24.2. The zero-order chi connectivity index (χ0) is 23.6. The molecule has 1 fully saturated rings. The number of rotatable bonds is 11. The maximum atomic E-state index is 12.9. The fraction of sp³-hybridized carbons (Fsp3) is 0.417. The number of benzene rings is 1. The van der Waals surface area contributed by atoms with E-state index in [4.69, 9.17) is 9.47 Å². The van der Waals surface area contributed by atoms with Gasteiger partial charge >= 0.3 is 0 Å². The van der Waals surface area contributed by atoms with E-state index in [0.29, 0.717) is 30.7 Å². The van der Waals surface area contributed by atoms with Gasteiger partial charge < -0.3 is 14.4 Å². The Morgan fingerprint density at radius 2 is 1.74 bits per heavy atom. The molecule has 0 N–H and O–H groups in total. The highest BCUT2D eigenvalue weighted by Gasteiger charge is 2.22. The van der Waals surface area contributed by atoms with Crippen LogP contribution in [0.1, 0.15) is 0 Å². The molecule has 0 atom stereocenters. The summed E-state index contributed by atoms with van der Waals surface area (Å²) in [4.78, 5) is 21.2. The second-order valence-corrected chi connectivity index (χ2v) is 8.80. The third-order valence-corrected chi connectivity index (χ3v) is 6.60. The number of aromatic nitrogens is 4. The molecule has 34 heavy (non-hydrogen) atoms. The molecule has 0 aliphatic carbocycles. The second kappa shape index (κ2) is 12.5. The number of amides is 1. The van der Waals surface area contributed by atoms with Crippen molar-refractivity contribution >= 4 is 17.7 Å². The molecule has 3 aromatic rings. The molecule has 0 saturated carbocycles. The molecule has 1 aromatic carbocycles. The van der Waals surface area contributed by atoms with Crippen LogP contribution in [0.25, 0.3) is 11.4 Å². The molecule has 3 heterocycles. The van der Waals surface area contributed by atoms with Gasteiger partial charge in [-0.05, 0) is 24.3 Å². The van der Waals surface area contributed by atoms with Crippen LogP contribution in [0.4, 0.5) is 0 Å². The van der Waals surface area contributed by atoms with E-state index in [-0.39, 0.29) is 5.91 Å². The van der Waals surface area contributed by atoms with Crippen LogP contribution in [0.5, 0.6) is 5.75 Å². The summed E-state index contributed by atoms with van der Waals surface area (Å²) in [6.45, 7) is 5.80. The van der Waals surface area contributed by atoms with E-state index in [1.165, 1.54) is 11.8 Å². The minimum absolute atomic E-state index is 0.122. The molecule has 10 heteroatoms. The van der Waals surface area contributed by atoms with Crippen molar-refractivity contribution < 1.29 is 14.3 Å². The number of pyridine rings is 1. The number of piperazine rings is 1. The van der Waals surface area contributed by atoms with Gasteiger partial charge in [-0.15, -0.1) is 10.2 Å². The summed E-state index contributed by atoms with van der Waals surface area (Å²) in [6, 6.07) is 13.6. The number of methoxy groups -OCH3 is 1. The first-order chi connectivity index (χ1) is 16.7. The average Bonchev–Trinajstić information content (AvgIpc) is 3.30. The quantitative estimate of drug-likeness (QED) is 0.385. The fourth-order valence-electron chi connectivity index (χ4n) is 3.74. The van der Waals surface area contributed by atoms with E-state index in [1.807, 2.05) is 51.9 Å². The highest BCUT2D eigenvalue weighted by atomic mass is 32.2. The molecule has 9 nitrogen and oxygen atoms in total. The van der Waals surface area contributed by atoms with Crippen LogP contribution < -0.4 is 4.74 Å². The standard InChI is InChI=1S/C24H30N6O3S/c1-32-17-16-30-23(20-7-9-25-10-8-20)26-27-24(30)34-19-22(31)29-13-11-28(12-14-29)15-18-33-21-5-3-2-4-6-21/h2-10H,11-19H2,1H3. The molecular formula is C24H30N6O3S. The minimum Gasteiger partial charge on any atom is -0.492 e. The Labute approximate surface area is 204 Å². The van der Waals surface area contributed by atoms with E-state index >= 15 is 0 Å². The van der Waals surface area contributed by atoms with E-state index in [2.05, 4.69) is 20.1 Å². The highest BCUT2D eigenvalue weighted by Crippen LogP contribution is 2.24. The van der Waals surface area contributed by atoms with E-state index in [0.717, 1.165) is 49.9 Å². The number of carbonyl (C=O) groups is 1. The van der Waals surface area contributed by atoms with Gasteiger partial charge in [-0.25, -0.2) is 0 Å². The number of para-hydroxylation sites is 1. The molecular weight excluding hydrogens is 452 g/mol. The molecule has 1 aliphatic rings. The molecule has 1 saturated heterocycles. The largest absolute Gasteiger partial charge is 0.492 e. The molecule has 4 rings (SSSR count). The Balaban J connectivity index is 1.25. The summed E-state index contributed by atoms with van der Waals surface area (Å²) in [7, 11) is 1.67. The number of hydrogen-bond donors (Lipinski definition) is 0. The number of nitrogens with zero attached hydrogens (tertiary/aromatic N) is 6. The zero-order valence-corrected chi connectivity index (χ0v) is 20.2. The van der Waals surface area contributed by atoms with Gasteiger partial charge in [-0.1, -0.05) is 30.0 Å². The Morgan fingerprint density at radius 3 is 2.47 bits per heavy atom. The maximum absolute atomic E-state index is 12.9. The Morgan fingerprint density at radius 1 is 0.971 bits per heavy atom. The van der Waals surface area contributed by atoms with Crippen molar-refractivity contribution in [3.8, 4) is 17.1 Å². The van der Waals surface area contributed by atoms with Gasteiger partial charge in [0.25, 0.3) is 0 Å². The molecule has 180 valence electrons. The van der Waals surface area contributed by atoms with Crippen molar-refractivity contribution in [2.45, 2.75) is 11.7 Å². The van der Waals surface area contributed by atoms with E-state index in [9.17, 15) is 4.79 Å². The zero-order valence-electron chi connectivity index (χ0n) is 19.4. The van der Waals surface area contributed by atoms with Gasteiger partial charge in [0.2, 0.25) is 5.91 Å². The van der Waals surface area contributed by atoms with Gasteiger partial charge in [0.15, 0.2) is 11.0 Å².